The van der Waals surface area contributed by atoms with Gasteiger partial charge in [0, 0.05) is 54.2 Å². The molecule has 178 valence electrons. The zero-order valence-electron chi connectivity index (χ0n) is 19.8. The minimum atomic E-state index is 0.586. The second-order valence-corrected chi connectivity index (χ2v) is 8.63. The van der Waals surface area contributed by atoms with Gasteiger partial charge in [0.05, 0.1) is 17.1 Å². The Labute approximate surface area is 206 Å². The number of aromatic nitrogens is 8. The SMILES string of the molecule is CN(C)CCOc1cncc(-c2cnc3n[nH]c(-c4nc5nccc(-c6ccncc6)c5[nH]4)c3c2)c1. The Balaban J connectivity index is 1.38. The average molecular weight is 478 g/mol. The molecule has 0 saturated heterocycles. The molecular weight excluding hydrogens is 454 g/mol. The van der Waals surface area contributed by atoms with Gasteiger partial charge in [-0.25, -0.2) is 15.0 Å². The molecule has 0 radical (unpaired) electrons. The largest absolute Gasteiger partial charge is 0.491 e. The summed E-state index contributed by atoms with van der Waals surface area (Å²) < 4.78 is 5.86. The molecule has 10 nitrogen and oxygen atoms in total. The van der Waals surface area contributed by atoms with Crippen molar-refractivity contribution in [2.75, 3.05) is 27.2 Å². The molecule has 0 unspecified atom stereocenters. The predicted molar refractivity (Wildman–Crippen MR) is 137 cm³/mol. The van der Waals surface area contributed by atoms with E-state index in [1.54, 1.807) is 37.2 Å². The predicted octanol–water partition coefficient (Wildman–Crippen LogP) is 3.96. The molecule has 6 heterocycles. The summed E-state index contributed by atoms with van der Waals surface area (Å²) >= 11 is 0. The molecule has 0 fully saturated rings. The Morgan fingerprint density at radius 2 is 1.72 bits per heavy atom. The molecule has 0 aliphatic carbocycles. The maximum absolute atomic E-state index is 5.86. The minimum Gasteiger partial charge on any atom is -0.491 e. The van der Waals surface area contributed by atoms with E-state index in [0.29, 0.717) is 29.5 Å². The summed E-state index contributed by atoms with van der Waals surface area (Å²) in [4.78, 5) is 27.7. The Morgan fingerprint density at radius 1 is 0.861 bits per heavy atom. The van der Waals surface area contributed by atoms with Crippen LogP contribution >= 0.6 is 0 Å². The van der Waals surface area contributed by atoms with Crippen molar-refractivity contribution < 1.29 is 4.74 Å². The van der Waals surface area contributed by atoms with Crippen LogP contribution in [0.25, 0.3) is 56.0 Å². The van der Waals surface area contributed by atoms with Crippen molar-refractivity contribution in [2.45, 2.75) is 0 Å². The molecule has 0 spiro atoms. The van der Waals surface area contributed by atoms with Gasteiger partial charge < -0.3 is 14.6 Å². The summed E-state index contributed by atoms with van der Waals surface area (Å²) in [7, 11) is 4.03. The lowest BCUT2D eigenvalue weighted by Gasteiger charge is -2.11. The highest BCUT2D eigenvalue weighted by atomic mass is 16.5. The van der Waals surface area contributed by atoms with E-state index in [1.165, 1.54) is 0 Å². The van der Waals surface area contributed by atoms with E-state index < -0.39 is 0 Å². The lowest BCUT2D eigenvalue weighted by atomic mass is 10.1. The van der Waals surface area contributed by atoms with Crippen LogP contribution in [0, 0.1) is 0 Å². The van der Waals surface area contributed by atoms with Crippen molar-refractivity contribution in [3.05, 3.63) is 67.5 Å². The van der Waals surface area contributed by atoms with Crippen molar-refractivity contribution >= 4 is 22.2 Å². The molecule has 6 aromatic heterocycles. The molecule has 2 N–H and O–H groups in total. The topological polar surface area (TPSA) is 121 Å². The maximum atomic E-state index is 5.86. The molecule has 0 saturated carbocycles. The van der Waals surface area contributed by atoms with Crippen LogP contribution in [0.1, 0.15) is 0 Å². The van der Waals surface area contributed by atoms with Crippen molar-refractivity contribution in [2.24, 2.45) is 0 Å². The Hall–Kier alpha value is -4.70. The number of aromatic amines is 2. The molecule has 36 heavy (non-hydrogen) atoms. The third-order valence-electron chi connectivity index (χ3n) is 5.88. The van der Waals surface area contributed by atoms with Gasteiger partial charge in [0.2, 0.25) is 0 Å². The number of fused-ring (bicyclic) bond motifs is 2. The van der Waals surface area contributed by atoms with Crippen LogP contribution in [-0.2, 0) is 0 Å². The zero-order chi connectivity index (χ0) is 24.5. The summed E-state index contributed by atoms with van der Waals surface area (Å²) in [5.74, 6) is 1.35. The lowest BCUT2D eigenvalue weighted by molar-refractivity contribution is 0.261. The van der Waals surface area contributed by atoms with E-state index >= 15 is 0 Å². The third kappa shape index (κ3) is 4.14. The molecule has 0 aromatic carbocycles. The molecule has 0 bridgehead atoms. The molecular formula is C26H23N9O. The number of hydrogen-bond acceptors (Lipinski definition) is 8. The van der Waals surface area contributed by atoms with E-state index in [4.69, 9.17) is 9.72 Å². The van der Waals surface area contributed by atoms with Gasteiger partial charge in [-0.05, 0) is 50.0 Å². The summed E-state index contributed by atoms with van der Waals surface area (Å²) in [6, 6.07) is 9.89. The van der Waals surface area contributed by atoms with E-state index in [1.807, 2.05) is 44.4 Å². The fraction of sp³-hybridized carbons (Fsp3) is 0.154. The van der Waals surface area contributed by atoms with Crippen molar-refractivity contribution in [3.8, 4) is 39.5 Å². The first-order valence-electron chi connectivity index (χ1n) is 11.5. The number of pyridine rings is 4. The standard InChI is InChI=1S/C26H23N9O/c1-35(2)9-10-36-19-11-17(13-28-15-19)18-12-21-23(33-34-24(21)30-14-18)26-31-22-20(5-8-29-25(22)32-26)16-3-6-27-7-4-16/h3-8,11-15H,9-10H2,1-2H3,(H,29,31,32)(H,30,33,34). The van der Waals surface area contributed by atoms with Gasteiger partial charge in [-0.2, -0.15) is 5.10 Å². The molecule has 0 amide bonds. The van der Waals surface area contributed by atoms with Crippen LogP contribution in [0.5, 0.6) is 5.75 Å². The summed E-state index contributed by atoms with van der Waals surface area (Å²) in [5, 5.41) is 8.32. The van der Waals surface area contributed by atoms with Gasteiger partial charge in [-0.1, -0.05) is 0 Å². The number of rotatable bonds is 7. The number of H-pyrrole nitrogens is 2. The Bertz CT molecular complexity index is 1660. The third-order valence-corrected chi connectivity index (χ3v) is 5.88. The number of imidazole rings is 1. The van der Waals surface area contributed by atoms with Crippen LogP contribution in [0.4, 0.5) is 0 Å². The number of likely N-dealkylation sites (N-methyl/N-ethyl adjacent to an activating group) is 1. The van der Waals surface area contributed by atoms with Crippen LogP contribution in [0.2, 0.25) is 0 Å². The summed E-state index contributed by atoms with van der Waals surface area (Å²) in [6.07, 6.45) is 10.6. The molecule has 0 aliphatic heterocycles. The molecule has 6 aromatic rings. The minimum absolute atomic E-state index is 0.586. The van der Waals surface area contributed by atoms with Gasteiger partial charge >= 0.3 is 0 Å². The van der Waals surface area contributed by atoms with Crippen molar-refractivity contribution in [1.29, 1.82) is 0 Å². The number of nitrogens with zero attached hydrogens (tertiary/aromatic N) is 7. The first-order valence-corrected chi connectivity index (χ1v) is 11.5. The molecule has 0 aliphatic rings. The van der Waals surface area contributed by atoms with Crippen molar-refractivity contribution in [3.63, 3.8) is 0 Å². The van der Waals surface area contributed by atoms with Gasteiger partial charge in [0.1, 0.15) is 18.1 Å². The number of hydrogen-bond donors (Lipinski definition) is 2. The van der Waals surface area contributed by atoms with Gasteiger partial charge in [-0.15, -0.1) is 0 Å². The fourth-order valence-electron chi connectivity index (χ4n) is 4.04. The van der Waals surface area contributed by atoms with E-state index in [2.05, 4.69) is 40.0 Å². The van der Waals surface area contributed by atoms with E-state index in [0.717, 1.165) is 45.4 Å². The maximum Gasteiger partial charge on any atom is 0.181 e. The first-order chi connectivity index (χ1) is 17.7. The van der Waals surface area contributed by atoms with E-state index in [9.17, 15) is 0 Å². The number of nitrogens with one attached hydrogen (secondary N) is 2. The number of ether oxygens (including phenoxy) is 1. The molecule has 6 rings (SSSR count). The van der Waals surface area contributed by atoms with Gasteiger partial charge in [-0.3, -0.25) is 15.1 Å². The summed E-state index contributed by atoms with van der Waals surface area (Å²) in [5.41, 5.74) is 6.65. The van der Waals surface area contributed by atoms with Gasteiger partial charge in [0.15, 0.2) is 17.1 Å². The van der Waals surface area contributed by atoms with Gasteiger partial charge in [0.25, 0.3) is 0 Å². The second kappa shape index (κ2) is 9.16. The zero-order valence-corrected chi connectivity index (χ0v) is 19.8. The lowest BCUT2D eigenvalue weighted by Crippen LogP contribution is -2.19. The monoisotopic (exact) mass is 477 g/mol. The normalized spacial score (nSPS) is 11.5. The highest BCUT2D eigenvalue weighted by molar-refractivity contribution is 5.96. The Morgan fingerprint density at radius 3 is 2.58 bits per heavy atom. The highest BCUT2D eigenvalue weighted by Crippen LogP contribution is 2.32. The Kier molecular flexibility index (Phi) is 5.55. The van der Waals surface area contributed by atoms with Crippen molar-refractivity contribution in [1.82, 2.24) is 45.0 Å². The highest BCUT2D eigenvalue weighted by Gasteiger charge is 2.16. The van der Waals surface area contributed by atoms with Crippen LogP contribution in [0.15, 0.2) is 67.5 Å². The first kappa shape index (κ1) is 21.8. The molecule has 10 heteroatoms. The van der Waals surface area contributed by atoms with E-state index in [-0.39, 0.29) is 0 Å². The quantitative estimate of drug-likeness (QED) is 0.354. The van der Waals surface area contributed by atoms with Crippen LogP contribution < -0.4 is 4.74 Å². The fourth-order valence-corrected chi connectivity index (χ4v) is 4.04. The smallest absolute Gasteiger partial charge is 0.181 e. The van der Waals surface area contributed by atoms with Crippen LogP contribution in [0.3, 0.4) is 0 Å². The summed E-state index contributed by atoms with van der Waals surface area (Å²) in [6.45, 7) is 1.41. The second-order valence-electron chi connectivity index (χ2n) is 8.63. The van der Waals surface area contributed by atoms with Crippen LogP contribution in [-0.4, -0.2) is 72.2 Å². The molecule has 0 atom stereocenters. The average Bonchev–Trinajstić information content (AvgIpc) is 3.53.